The molecule has 4 nitrogen and oxygen atoms in total. The van der Waals surface area contributed by atoms with Gasteiger partial charge in [-0.25, -0.2) is 0 Å². The van der Waals surface area contributed by atoms with Crippen molar-refractivity contribution in [3.05, 3.63) is 0 Å². The monoisotopic (exact) mass is 295 g/mol. The normalized spacial score (nSPS) is 23.7. The van der Waals surface area contributed by atoms with Crippen LogP contribution in [0.3, 0.4) is 0 Å². The first-order chi connectivity index (χ1) is 9.93. The highest BCUT2D eigenvalue weighted by atomic mass is 16.2. The van der Waals surface area contributed by atoms with E-state index in [0.717, 1.165) is 19.4 Å². The Bertz CT molecular complexity index is 357. The van der Waals surface area contributed by atoms with E-state index >= 15 is 0 Å². The molecule has 0 spiro atoms. The van der Waals surface area contributed by atoms with E-state index < -0.39 is 0 Å². The lowest BCUT2D eigenvalue weighted by Crippen LogP contribution is -2.57. The molecule has 0 bridgehead atoms. The number of hydrogen-bond donors (Lipinski definition) is 1. The lowest BCUT2D eigenvalue weighted by atomic mass is 9.71. The van der Waals surface area contributed by atoms with Crippen LogP contribution in [0.15, 0.2) is 0 Å². The van der Waals surface area contributed by atoms with Gasteiger partial charge in [0.25, 0.3) is 0 Å². The van der Waals surface area contributed by atoms with Crippen molar-refractivity contribution in [1.29, 1.82) is 0 Å². The van der Waals surface area contributed by atoms with Crippen molar-refractivity contribution in [3.63, 3.8) is 0 Å². The molecule has 0 saturated heterocycles. The highest BCUT2D eigenvalue weighted by Gasteiger charge is 2.41. The minimum atomic E-state index is 0.0779. The summed E-state index contributed by atoms with van der Waals surface area (Å²) in [6, 6.07) is 0. The Morgan fingerprint density at radius 3 is 2.05 bits per heavy atom. The molecule has 0 aromatic rings. The highest BCUT2D eigenvalue weighted by molar-refractivity contribution is 5.76. The Morgan fingerprint density at radius 1 is 1.00 bits per heavy atom. The Balaban J connectivity index is 1.92. The SMILES string of the molecule is CN(CC1(N(C)C)CCC1)C(=O)CC1(CN)CCCCC1. The first-order valence-corrected chi connectivity index (χ1v) is 8.55. The van der Waals surface area contributed by atoms with Crippen molar-refractivity contribution in [2.45, 2.75) is 63.3 Å². The second-order valence-electron chi connectivity index (χ2n) is 7.66. The Kier molecular flexibility index (Phi) is 5.31. The summed E-state index contributed by atoms with van der Waals surface area (Å²) in [5, 5.41) is 0. The van der Waals surface area contributed by atoms with Gasteiger partial charge >= 0.3 is 0 Å². The van der Waals surface area contributed by atoms with E-state index in [9.17, 15) is 4.79 Å². The molecule has 2 aliphatic rings. The maximum Gasteiger partial charge on any atom is 0.222 e. The molecule has 2 N–H and O–H groups in total. The van der Waals surface area contributed by atoms with E-state index in [1.165, 1.54) is 38.5 Å². The topological polar surface area (TPSA) is 49.6 Å². The Labute approximate surface area is 130 Å². The zero-order valence-corrected chi connectivity index (χ0v) is 14.2. The van der Waals surface area contributed by atoms with Gasteiger partial charge < -0.3 is 15.5 Å². The van der Waals surface area contributed by atoms with Crippen molar-refractivity contribution in [1.82, 2.24) is 9.80 Å². The molecule has 0 aromatic heterocycles. The lowest BCUT2D eigenvalue weighted by Gasteiger charge is -2.49. The van der Waals surface area contributed by atoms with Crippen LogP contribution in [-0.2, 0) is 4.79 Å². The maximum absolute atomic E-state index is 12.7. The zero-order valence-electron chi connectivity index (χ0n) is 14.2. The van der Waals surface area contributed by atoms with Crippen molar-refractivity contribution in [2.75, 3.05) is 34.2 Å². The Hall–Kier alpha value is -0.610. The van der Waals surface area contributed by atoms with Crippen LogP contribution >= 0.6 is 0 Å². The third-order valence-corrected chi connectivity index (χ3v) is 6.06. The molecule has 0 unspecified atom stereocenters. The molecule has 0 atom stereocenters. The quantitative estimate of drug-likeness (QED) is 0.817. The molecular weight excluding hydrogens is 262 g/mol. The van der Waals surface area contributed by atoms with Crippen LogP contribution in [0.1, 0.15) is 57.8 Å². The number of nitrogens with zero attached hydrogens (tertiary/aromatic N) is 2. The first kappa shape index (κ1) is 16.8. The van der Waals surface area contributed by atoms with Crippen molar-refractivity contribution in [2.24, 2.45) is 11.1 Å². The van der Waals surface area contributed by atoms with Gasteiger partial charge in [-0.2, -0.15) is 0 Å². The van der Waals surface area contributed by atoms with Gasteiger partial charge in [0, 0.05) is 25.6 Å². The number of amides is 1. The number of rotatable bonds is 6. The second-order valence-corrected chi connectivity index (χ2v) is 7.66. The molecule has 0 aliphatic heterocycles. The van der Waals surface area contributed by atoms with Gasteiger partial charge in [0.2, 0.25) is 5.91 Å². The van der Waals surface area contributed by atoms with E-state index in [-0.39, 0.29) is 16.9 Å². The van der Waals surface area contributed by atoms with Gasteiger partial charge in [0.1, 0.15) is 0 Å². The number of nitrogens with two attached hydrogens (primary N) is 1. The van der Waals surface area contributed by atoms with Crippen LogP contribution < -0.4 is 5.73 Å². The molecule has 2 fully saturated rings. The molecule has 122 valence electrons. The predicted octanol–water partition coefficient (Wildman–Crippen LogP) is 2.23. The fourth-order valence-electron chi connectivity index (χ4n) is 4.07. The fourth-order valence-corrected chi connectivity index (χ4v) is 4.07. The summed E-state index contributed by atoms with van der Waals surface area (Å²) < 4.78 is 0. The summed E-state index contributed by atoms with van der Waals surface area (Å²) in [6.45, 7) is 1.52. The summed E-state index contributed by atoms with van der Waals surface area (Å²) in [6.07, 6.45) is 10.4. The van der Waals surface area contributed by atoms with E-state index in [2.05, 4.69) is 19.0 Å². The predicted molar refractivity (Wildman–Crippen MR) is 87.1 cm³/mol. The molecule has 0 radical (unpaired) electrons. The van der Waals surface area contributed by atoms with Crippen molar-refractivity contribution in [3.8, 4) is 0 Å². The summed E-state index contributed by atoms with van der Waals surface area (Å²) in [4.78, 5) is 16.9. The van der Waals surface area contributed by atoms with Gasteiger partial charge in [-0.3, -0.25) is 4.79 Å². The molecule has 1 amide bonds. The van der Waals surface area contributed by atoms with Gasteiger partial charge in [-0.15, -0.1) is 0 Å². The smallest absolute Gasteiger partial charge is 0.222 e. The molecule has 2 saturated carbocycles. The fraction of sp³-hybridized carbons (Fsp3) is 0.941. The molecule has 0 heterocycles. The maximum atomic E-state index is 12.7. The molecule has 0 aromatic carbocycles. The minimum Gasteiger partial charge on any atom is -0.344 e. The number of hydrogen-bond acceptors (Lipinski definition) is 3. The van der Waals surface area contributed by atoms with Gasteiger partial charge in [-0.05, 0) is 58.2 Å². The molecule has 21 heavy (non-hydrogen) atoms. The van der Waals surface area contributed by atoms with Crippen molar-refractivity contribution >= 4 is 5.91 Å². The average molecular weight is 295 g/mol. The van der Waals surface area contributed by atoms with Crippen LogP contribution in [0.25, 0.3) is 0 Å². The van der Waals surface area contributed by atoms with E-state index in [1.54, 1.807) is 0 Å². The highest BCUT2D eigenvalue weighted by Crippen LogP contribution is 2.40. The molecule has 4 heteroatoms. The van der Waals surface area contributed by atoms with E-state index in [4.69, 9.17) is 5.73 Å². The number of carbonyl (C=O) groups is 1. The third-order valence-electron chi connectivity index (χ3n) is 6.06. The second kappa shape index (κ2) is 6.66. The average Bonchev–Trinajstić information content (AvgIpc) is 2.43. The summed E-state index contributed by atoms with van der Waals surface area (Å²) in [7, 11) is 6.25. The van der Waals surface area contributed by atoms with Crippen LogP contribution in [0.2, 0.25) is 0 Å². The first-order valence-electron chi connectivity index (χ1n) is 8.55. The van der Waals surface area contributed by atoms with Crippen LogP contribution in [0.5, 0.6) is 0 Å². The van der Waals surface area contributed by atoms with Crippen LogP contribution in [0, 0.1) is 5.41 Å². The summed E-state index contributed by atoms with van der Waals surface area (Å²) >= 11 is 0. The van der Waals surface area contributed by atoms with E-state index in [1.807, 2.05) is 11.9 Å². The van der Waals surface area contributed by atoms with Gasteiger partial charge in [0.05, 0.1) is 0 Å². The standard InChI is InChI=1S/C17H33N3O/c1-19(2)17(10-7-11-17)14-20(3)15(21)12-16(13-18)8-5-4-6-9-16/h4-14,18H2,1-3H3. The Morgan fingerprint density at radius 2 is 1.62 bits per heavy atom. The third kappa shape index (κ3) is 3.59. The molecule has 2 aliphatic carbocycles. The van der Waals surface area contributed by atoms with Crippen LogP contribution in [-0.4, -0.2) is 55.5 Å². The summed E-state index contributed by atoms with van der Waals surface area (Å²) in [5.74, 6) is 0.287. The van der Waals surface area contributed by atoms with Gasteiger partial charge in [0.15, 0.2) is 0 Å². The minimum absolute atomic E-state index is 0.0779. The van der Waals surface area contributed by atoms with Crippen LogP contribution in [0.4, 0.5) is 0 Å². The van der Waals surface area contributed by atoms with Crippen molar-refractivity contribution < 1.29 is 4.79 Å². The zero-order chi connectivity index (χ0) is 15.5. The lowest BCUT2D eigenvalue weighted by molar-refractivity contribution is -0.135. The van der Waals surface area contributed by atoms with E-state index in [0.29, 0.717) is 13.0 Å². The van der Waals surface area contributed by atoms with Gasteiger partial charge in [-0.1, -0.05) is 19.3 Å². The largest absolute Gasteiger partial charge is 0.344 e. The number of carbonyl (C=O) groups excluding carboxylic acids is 1. The summed E-state index contributed by atoms with van der Waals surface area (Å²) in [5.41, 5.74) is 6.31. The number of likely N-dealkylation sites (N-methyl/N-ethyl adjacent to an activating group) is 2. The molecule has 2 rings (SSSR count). The molecular formula is C17H33N3O.